The first-order valence-electron chi connectivity index (χ1n) is 9.88. The highest BCUT2D eigenvalue weighted by Gasteiger charge is 2.44. The predicted octanol–water partition coefficient (Wildman–Crippen LogP) is 1.57. The van der Waals surface area contributed by atoms with Gasteiger partial charge in [0.1, 0.15) is 12.5 Å². The van der Waals surface area contributed by atoms with Gasteiger partial charge in [-0.25, -0.2) is 4.68 Å². The number of hydrogen-bond donors (Lipinski definition) is 5. The van der Waals surface area contributed by atoms with Gasteiger partial charge in [-0.2, -0.15) is 9.97 Å². The van der Waals surface area contributed by atoms with Gasteiger partial charge in [0.15, 0.2) is 17.0 Å². The Kier molecular flexibility index (Phi) is 7.18. The van der Waals surface area contributed by atoms with Crippen molar-refractivity contribution < 1.29 is 29.3 Å². The minimum absolute atomic E-state index is 0.0673. The standard InChI is InChI=1S/C18H21Cl2N6O6P/c19-11-4-2-1-3-9(11)6-21-16-13-17(23-18(20)22-16)26(25-24-13)12-5-10(14(27)15(12)28)7-32-8-33(29,30)31/h1-4,10,12,14-15,27-28H,5-8H2,(H,21,22,23)(H2,29,30,31)/t10-,12-,14+,15+/m1/s1. The summed E-state index contributed by atoms with van der Waals surface area (Å²) in [6.45, 7) is 0.200. The van der Waals surface area contributed by atoms with Crippen LogP contribution in [-0.4, -0.2) is 70.1 Å². The van der Waals surface area contributed by atoms with E-state index in [4.69, 9.17) is 37.7 Å². The van der Waals surface area contributed by atoms with E-state index in [-0.39, 0.29) is 24.0 Å². The lowest BCUT2D eigenvalue weighted by atomic mass is 10.1. The Labute approximate surface area is 197 Å². The summed E-state index contributed by atoms with van der Waals surface area (Å²) in [5.74, 6) is -0.253. The molecular formula is C18H21Cl2N6O6P. The van der Waals surface area contributed by atoms with Crippen LogP contribution in [0.25, 0.3) is 11.2 Å². The Morgan fingerprint density at radius 1 is 1.18 bits per heavy atom. The third-order valence-electron chi connectivity index (χ3n) is 5.38. The molecule has 0 radical (unpaired) electrons. The SMILES string of the molecule is O=P(O)(O)COC[C@H]1C[C@@H](n2nnc3c(NCc4ccccc4Cl)nc(Cl)nc32)[C@H](O)[C@H]1O. The molecule has 33 heavy (non-hydrogen) atoms. The van der Waals surface area contributed by atoms with Gasteiger partial charge in [0.05, 0.1) is 18.8 Å². The molecule has 2 aromatic heterocycles. The summed E-state index contributed by atoms with van der Waals surface area (Å²) in [6, 6.07) is 6.59. The van der Waals surface area contributed by atoms with Gasteiger partial charge in [0.25, 0.3) is 0 Å². The summed E-state index contributed by atoms with van der Waals surface area (Å²) in [5.41, 5.74) is 1.40. The molecule has 0 amide bonds. The van der Waals surface area contributed by atoms with Crippen LogP contribution >= 0.6 is 30.8 Å². The van der Waals surface area contributed by atoms with Gasteiger partial charge in [-0.3, -0.25) is 4.57 Å². The van der Waals surface area contributed by atoms with Gasteiger partial charge in [-0.05, 0) is 29.7 Å². The Balaban J connectivity index is 1.55. The second-order valence-electron chi connectivity index (χ2n) is 7.70. The van der Waals surface area contributed by atoms with E-state index in [2.05, 4.69) is 25.6 Å². The lowest BCUT2D eigenvalue weighted by Gasteiger charge is -2.17. The molecule has 2 heterocycles. The van der Waals surface area contributed by atoms with Gasteiger partial charge in [-0.15, -0.1) is 5.10 Å². The van der Waals surface area contributed by atoms with E-state index in [0.717, 1.165) is 5.56 Å². The molecule has 0 bridgehead atoms. The third kappa shape index (κ3) is 5.44. The number of nitrogens with one attached hydrogen (secondary N) is 1. The second-order valence-corrected chi connectivity index (χ2v) is 10.0. The number of nitrogens with zero attached hydrogens (tertiary/aromatic N) is 5. The molecule has 5 N–H and O–H groups in total. The fraction of sp³-hybridized carbons (Fsp3) is 0.444. The van der Waals surface area contributed by atoms with Crippen LogP contribution in [0.15, 0.2) is 24.3 Å². The number of aliphatic hydroxyl groups is 2. The van der Waals surface area contributed by atoms with Crippen molar-refractivity contribution in [3.05, 3.63) is 40.1 Å². The maximum Gasteiger partial charge on any atom is 0.350 e. The van der Waals surface area contributed by atoms with Crippen LogP contribution in [0.4, 0.5) is 5.82 Å². The first kappa shape index (κ1) is 24.2. The molecule has 3 aromatic rings. The molecule has 1 aliphatic rings. The maximum absolute atomic E-state index is 11.0. The van der Waals surface area contributed by atoms with Crippen molar-refractivity contribution in [3.63, 3.8) is 0 Å². The fourth-order valence-electron chi connectivity index (χ4n) is 3.80. The van der Waals surface area contributed by atoms with E-state index in [1.54, 1.807) is 6.07 Å². The lowest BCUT2D eigenvalue weighted by Crippen LogP contribution is -2.31. The average Bonchev–Trinajstić information content (AvgIpc) is 3.28. The molecule has 1 aliphatic carbocycles. The summed E-state index contributed by atoms with van der Waals surface area (Å²) in [5, 5.41) is 32.8. The van der Waals surface area contributed by atoms with Crippen molar-refractivity contribution in [1.82, 2.24) is 25.0 Å². The van der Waals surface area contributed by atoms with Crippen LogP contribution < -0.4 is 5.32 Å². The number of aliphatic hydroxyl groups excluding tert-OH is 2. The predicted molar refractivity (Wildman–Crippen MR) is 119 cm³/mol. The molecule has 12 nitrogen and oxygen atoms in total. The maximum atomic E-state index is 11.0. The van der Waals surface area contributed by atoms with E-state index in [1.807, 2.05) is 18.2 Å². The highest BCUT2D eigenvalue weighted by atomic mass is 35.5. The lowest BCUT2D eigenvalue weighted by molar-refractivity contribution is -0.0128. The number of benzene rings is 1. The van der Waals surface area contributed by atoms with Crippen molar-refractivity contribution in [2.24, 2.45) is 5.92 Å². The Morgan fingerprint density at radius 3 is 2.67 bits per heavy atom. The molecule has 178 valence electrons. The monoisotopic (exact) mass is 518 g/mol. The number of halogens is 2. The molecule has 1 aromatic carbocycles. The quantitative estimate of drug-likeness (QED) is 0.216. The minimum atomic E-state index is -4.34. The van der Waals surface area contributed by atoms with E-state index in [9.17, 15) is 14.8 Å². The molecule has 0 saturated heterocycles. The summed E-state index contributed by atoms with van der Waals surface area (Å²) in [7, 11) is -4.34. The Bertz CT molecular complexity index is 1190. The number of hydrogen-bond acceptors (Lipinski definition) is 9. The van der Waals surface area contributed by atoms with Crippen LogP contribution in [0.5, 0.6) is 0 Å². The molecule has 4 rings (SSSR count). The molecule has 0 aliphatic heterocycles. The van der Waals surface area contributed by atoms with E-state index in [0.29, 0.717) is 22.9 Å². The number of aromatic nitrogens is 5. The van der Waals surface area contributed by atoms with E-state index in [1.165, 1.54) is 4.68 Å². The van der Waals surface area contributed by atoms with Crippen LogP contribution in [0, 0.1) is 5.92 Å². The number of ether oxygens (including phenoxy) is 1. The van der Waals surface area contributed by atoms with Gasteiger partial charge in [0.2, 0.25) is 5.28 Å². The van der Waals surface area contributed by atoms with Gasteiger partial charge in [0, 0.05) is 17.5 Å². The highest BCUT2D eigenvalue weighted by Crippen LogP contribution is 2.39. The molecule has 1 fully saturated rings. The Hall–Kier alpha value is -1.89. The van der Waals surface area contributed by atoms with Gasteiger partial charge in [-0.1, -0.05) is 35.0 Å². The first-order chi connectivity index (χ1) is 15.6. The van der Waals surface area contributed by atoms with Crippen LogP contribution in [0.3, 0.4) is 0 Å². The van der Waals surface area contributed by atoms with Crippen LogP contribution in [0.1, 0.15) is 18.0 Å². The van der Waals surface area contributed by atoms with Crippen molar-refractivity contribution in [3.8, 4) is 0 Å². The zero-order chi connectivity index (χ0) is 23.8. The molecular weight excluding hydrogens is 498 g/mol. The van der Waals surface area contributed by atoms with E-state index >= 15 is 0 Å². The van der Waals surface area contributed by atoms with Crippen LogP contribution in [-0.2, 0) is 15.8 Å². The zero-order valence-corrected chi connectivity index (χ0v) is 19.4. The number of fused-ring (bicyclic) bond motifs is 1. The number of anilines is 1. The second kappa shape index (κ2) is 9.77. The molecule has 0 spiro atoms. The molecule has 4 atom stereocenters. The van der Waals surface area contributed by atoms with Crippen LogP contribution in [0.2, 0.25) is 10.3 Å². The van der Waals surface area contributed by atoms with Crippen molar-refractivity contribution in [2.45, 2.75) is 31.2 Å². The summed E-state index contributed by atoms with van der Waals surface area (Å²) in [4.78, 5) is 26.2. The topological polar surface area (TPSA) is 176 Å². The number of rotatable bonds is 8. The zero-order valence-electron chi connectivity index (χ0n) is 17.0. The highest BCUT2D eigenvalue weighted by molar-refractivity contribution is 7.51. The average molecular weight is 519 g/mol. The fourth-order valence-corrected chi connectivity index (χ4v) is 4.51. The smallest absolute Gasteiger partial charge is 0.350 e. The van der Waals surface area contributed by atoms with Crippen molar-refractivity contribution >= 4 is 47.8 Å². The van der Waals surface area contributed by atoms with Gasteiger partial charge < -0.3 is 30.1 Å². The van der Waals surface area contributed by atoms with E-state index < -0.39 is 38.1 Å². The largest absolute Gasteiger partial charge is 0.390 e. The van der Waals surface area contributed by atoms with Crippen molar-refractivity contribution in [1.29, 1.82) is 0 Å². The molecule has 1 saturated carbocycles. The summed E-state index contributed by atoms with van der Waals surface area (Å²) >= 11 is 12.3. The first-order valence-corrected chi connectivity index (χ1v) is 12.4. The Morgan fingerprint density at radius 2 is 1.94 bits per heavy atom. The molecule has 15 heteroatoms. The van der Waals surface area contributed by atoms with Gasteiger partial charge >= 0.3 is 7.60 Å². The summed E-state index contributed by atoms with van der Waals surface area (Å²) < 4.78 is 17.4. The normalized spacial score (nSPS) is 23.3. The van der Waals surface area contributed by atoms with Crippen molar-refractivity contribution in [2.75, 3.05) is 18.3 Å². The third-order valence-corrected chi connectivity index (χ3v) is 6.43. The summed E-state index contributed by atoms with van der Waals surface area (Å²) in [6.07, 6.45) is -2.98. The molecule has 0 unspecified atom stereocenters. The minimum Gasteiger partial charge on any atom is -0.390 e.